The van der Waals surface area contributed by atoms with Crippen LogP contribution in [0.5, 0.6) is 0 Å². The Morgan fingerprint density at radius 3 is 2.96 bits per heavy atom. The molecule has 1 aromatic carbocycles. The number of amides is 2. The van der Waals surface area contributed by atoms with Gasteiger partial charge < -0.3 is 11.1 Å². The second-order valence-electron chi connectivity index (χ2n) is 6.22. The summed E-state index contributed by atoms with van der Waals surface area (Å²) in [5.41, 5.74) is 6.93. The van der Waals surface area contributed by atoms with E-state index >= 15 is 0 Å². The van der Waals surface area contributed by atoms with Gasteiger partial charge in [0.15, 0.2) is 0 Å². The first-order chi connectivity index (χ1) is 12.5. The number of carbonyl (C=O) groups is 2. The Labute approximate surface area is 155 Å². The van der Waals surface area contributed by atoms with Gasteiger partial charge in [-0.1, -0.05) is 11.6 Å². The first-order valence-corrected chi connectivity index (χ1v) is 8.69. The molecule has 9 nitrogen and oxygen atoms in total. The fraction of sp³-hybridized carbons (Fsp3) is 0.438. The van der Waals surface area contributed by atoms with Crippen LogP contribution in [0.4, 0.5) is 0 Å². The molecule has 10 heteroatoms. The average Bonchev–Trinajstić information content (AvgIpc) is 3.30. The van der Waals surface area contributed by atoms with E-state index in [0.717, 1.165) is 17.7 Å². The van der Waals surface area contributed by atoms with E-state index in [2.05, 4.69) is 20.8 Å². The number of hydrogen-bond donors (Lipinski definition) is 2. The van der Waals surface area contributed by atoms with E-state index in [-0.39, 0.29) is 12.5 Å². The van der Waals surface area contributed by atoms with Crippen molar-refractivity contribution in [3.8, 4) is 5.69 Å². The lowest BCUT2D eigenvalue weighted by molar-refractivity contribution is -0.129. The molecule has 2 amide bonds. The van der Waals surface area contributed by atoms with Gasteiger partial charge in [0, 0.05) is 11.6 Å². The van der Waals surface area contributed by atoms with Gasteiger partial charge in [0.2, 0.25) is 11.8 Å². The molecular weight excluding hydrogens is 358 g/mol. The van der Waals surface area contributed by atoms with Gasteiger partial charge in [-0.05, 0) is 60.5 Å². The highest BCUT2D eigenvalue weighted by molar-refractivity contribution is 6.30. The molecular formula is C16H20ClN7O2. The van der Waals surface area contributed by atoms with Crippen molar-refractivity contribution in [3.63, 3.8) is 0 Å². The van der Waals surface area contributed by atoms with Crippen molar-refractivity contribution in [1.82, 2.24) is 30.4 Å². The predicted octanol–water partition coefficient (Wildman–Crippen LogP) is 0.270. The lowest BCUT2D eigenvalue weighted by Gasteiger charge is -2.27. The van der Waals surface area contributed by atoms with Gasteiger partial charge in [0.1, 0.15) is 6.33 Å². The van der Waals surface area contributed by atoms with Gasteiger partial charge in [-0.25, -0.2) is 4.68 Å². The van der Waals surface area contributed by atoms with E-state index in [4.69, 9.17) is 17.3 Å². The number of aromatic nitrogens is 4. The van der Waals surface area contributed by atoms with Crippen molar-refractivity contribution in [2.24, 2.45) is 5.73 Å². The number of halogens is 1. The zero-order chi connectivity index (χ0) is 18.7. The summed E-state index contributed by atoms with van der Waals surface area (Å²) in [4.78, 5) is 26.0. The summed E-state index contributed by atoms with van der Waals surface area (Å²) >= 11 is 6.08. The number of carbonyl (C=O) groups excluding carboxylic acids is 2. The number of hydrogen-bond acceptors (Lipinski definition) is 6. The van der Waals surface area contributed by atoms with Crippen molar-refractivity contribution in [1.29, 1.82) is 0 Å². The molecule has 26 heavy (non-hydrogen) atoms. The molecule has 0 saturated carbocycles. The van der Waals surface area contributed by atoms with Crippen molar-refractivity contribution in [3.05, 3.63) is 35.1 Å². The second kappa shape index (κ2) is 7.79. The summed E-state index contributed by atoms with van der Waals surface area (Å²) in [6.45, 7) is 2.71. The van der Waals surface area contributed by atoms with E-state index in [0.29, 0.717) is 18.0 Å². The molecule has 2 aromatic rings. The lowest BCUT2D eigenvalue weighted by Crippen LogP contribution is -2.50. The van der Waals surface area contributed by atoms with Crippen LogP contribution >= 0.6 is 11.6 Å². The van der Waals surface area contributed by atoms with Crippen molar-refractivity contribution in [2.75, 3.05) is 6.54 Å². The van der Waals surface area contributed by atoms with E-state index in [1.165, 1.54) is 11.0 Å². The Balaban J connectivity index is 1.70. The third-order valence-corrected chi connectivity index (χ3v) is 4.83. The van der Waals surface area contributed by atoms with Gasteiger partial charge in [0.05, 0.1) is 17.8 Å². The third-order valence-electron chi connectivity index (χ3n) is 4.59. The van der Waals surface area contributed by atoms with Crippen LogP contribution in [0.3, 0.4) is 0 Å². The van der Waals surface area contributed by atoms with Crippen LogP contribution in [-0.4, -0.2) is 55.5 Å². The zero-order valence-corrected chi connectivity index (χ0v) is 15.1. The van der Waals surface area contributed by atoms with E-state index < -0.39 is 18.0 Å². The number of rotatable bonds is 6. The summed E-state index contributed by atoms with van der Waals surface area (Å²) < 4.78 is 1.50. The molecule has 1 aromatic heterocycles. The Hall–Kier alpha value is -2.52. The highest BCUT2D eigenvalue weighted by Gasteiger charge is 2.35. The Morgan fingerprint density at radius 1 is 1.46 bits per heavy atom. The van der Waals surface area contributed by atoms with Gasteiger partial charge in [-0.2, -0.15) is 0 Å². The maximum absolute atomic E-state index is 12.6. The predicted molar refractivity (Wildman–Crippen MR) is 94.4 cm³/mol. The molecule has 2 heterocycles. The molecule has 138 valence electrons. The second-order valence-corrected chi connectivity index (χ2v) is 6.66. The minimum atomic E-state index is -0.453. The highest BCUT2D eigenvalue weighted by atomic mass is 35.5. The quantitative estimate of drug-likeness (QED) is 0.745. The maximum Gasteiger partial charge on any atom is 0.237 e. The topological polar surface area (TPSA) is 119 Å². The molecule has 1 fully saturated rings. The Bertz CT molecular complexity index is 796. The number of tetrazole rings is 1. The van der Waals surface area contributed by atoms with Crippen molar-refractivity contribution in [2.45, 2.75) is 38.4 Å². The minimum absolute atomic E-state index is 0.180. The van der Waals surface area contributed by atoms with Gasteiger partial charge in [-0.3, -0.25) is 14.5 Å². The summed E-state index contributed by atoms with van der Waals surface area (Å²) in [5.74, 6) is -0.571. The van der Waals surface area contributed by atoms with Crippen LogP contribution in [0.15, 0.2) is 24.5 Å². The number of nitrogens with two attached hydrogens (primary N) is 1. The molecule has 0 bridgehead atoms. The van der Waals surface area contributed by atoms with Crippen molar-refractivity contribution < 1.29 is 9.59 Å². The number of nitrogens with zero attached hydrogens (tertiary/aromatic N) is 5. The average molecular weight is 378 g/mol. The summed E-state index contributed by atoms with van der Waals surface area (Å²) in [5, 5.41) is 14.6. The molecule has 1 aliphatic heterocycles. The van der Waals surface area contributed by atoms with Crippen LogP contribution in [0.25, 0.3) is 5.69 Å². The van der Waals surface area contributed by atoms with Crippen LogP contribution in [0.2, 0.25) is 5.02 Å². The van der Waals surface area contributed by atoms with Gasteiger partial charge in [0.25, 0.3) is 0 Å². The number of primary amides is 1. The fourth-order valence-electron chi connectivity index (χ4n) is 3.23. The molecule has 3 N–H and O–H groups in total. The van der Waals surface area contributed by atoms with Crippen molar-refractivity contribution >= 4 is 23.4 Å². The Morgan fingerprint density at radius 2 is 2.27 bits per heavy atom. The monoisotopic (exact) mass is 377 g/mol. The van der Waals surface area contributed by atoms with Crippen LogP contribution in [-0.2, 0) is 16.1 Å². The van der Waals surface area contributed by atoms with Crippen LogP contribution in [0, 0.1) is 0 Å². The largest absolute Gasteiger partial charge is 0.368 e. The minimum Gasteiger partial charge on any atom is -0.368 e. The SMILES string of the molecule is C[C@@H](C(=O)NCc1cc(Cl)ccc1-n1cnnn1)N1CCCC1C(N)=O. The molecule has 0 spiro atoms. The molecule has 1 aliphatic rings. The molecule has 0 aliphatic carbocycles. The number of nitrogens with one attached hydrogen (secondary N) is 1. The normalized spacial score (nSPS) is 18.6. The number of benzene rings is 1. The van der Waals surface area contributed by atoms with E-state index in [1.807, 2.05) is 4.90 Å². The van der Waals surface area contributed by atoms with Gasteiger partial charge in [-0.15, -0.1) is 5.10 Å². The van der Waals surface area contributed by atoms with E-state index in [1.54, 1.807) is 25.1 Å². The Kier molecular flexibility index (Phi) is 5.48. The first-order valence-electron chi connectivity index (χ1n) is 8.32. The summed E-state index contributed by atoms with van der Waals surface area (Å²) in [6.07, 6.45) is 3.01. The zero-order valence-electron chi connectivity index (χ0n) is 14.3. The van der Waals surface area contributed by atoms with Crippen LogP contribution < -0.4 is 11.1 Å². The first kappa shape index (κ1) is 18.3. The third kappa shape index (κ3) is 3.83. The smallest absolute Gasteiger partial charge is 0.237 e. The molecule has 3 rings (SSSR count). The number of likely N-dealkylation sites (tertiary alicyclic amines) is 1. The molecule has 1 unspecified atom stereocenters. The molecule has 0 radical (unpaired) electrons. The summed E-state index contributed by atoms with van der Waals surface area (Å²) in [6, 6.07) is 4.43. The standard InChI is InChI=1S/C16H20ClN7O2/c1-10(23-6-2-3-14(23)15(18)25)16(26)19-8-11-7-12(17)4-5-13(11)24-9-20-21-22-24/h4-5,7,9-10,14H,2-3,6,8H2,1H3,(H2,18,25)(H,19,26)/t10-,14?/m0/s1. The van der Waals surface area contributed by atoms with E-state index in [9.17, 15) is 9.59 Å². The highest BCUT2D eigenvalue weighted by Crippen LogP contribution is 2.21. The summed E-state index contributed by atoms with van der Waals surface area (Å²) in [7, 11) is 0. The maximum atomic E-state index is 12.6. The fourth-order valence-corrected chi connectivity index (χ4v) is 3.42. The van der Waals surface area contributed by atoms with Crippen LogP contribution in [0.1, 0.15) is 25.3 Å². The lowest BCUT2D eigenvalue weighted by atomic mass is 10.1. The molecule has 2 atom stereocenters. The van der Waals surface area contributed by atoms with Gasteiger partial charge >= 0.3 is 0 Å². The molecule has 1 saturated heterocycles.